The van der Waals surface area contributed by atoms with Gasteiger partial charge in [0.25, 0.3) is 0 Å². The van der Waals surface area contributed by atoms with E-state index in [1.807, 2.05) is 6.92 Å². The molecule has 0 aromatic carbocycles. The fraction of sp³-hybridized carbons (Fsp3) is 0.917. The van der Waals surface area contributed by atoms with Crippen LogP contribution in [0.25, 0.3) is 0 Å². The summed E-state index contributed by atoms with van der Waals surface area (Å²) >= 11 is 0. The third kappa shape index (κ3) is 4.94. The molecule has 0 aromatic rings. The molecule has 4 nitrogen and oxygen atoms in total. The third-order valence-electron chi connectivity index (χ3n) is 3.43. The van der Waals surface area contributed by atoms with Gasteiger partial charge in [-0.25, -0.2) is 0 Å². The summed E-state index contributed by atoms with van der Waals surface area (Å²) in [5.74, 6) is -0.247. The summed E-state index contributed by atoms with van der Waals surface area (Å²) in [6.45, 7) is 4.96. The van der Waals surface area contributed by atoms with Gasteiger partial charge in [0.2, 0.25) is 0 Å². The summed E-state index contributed by atoms with van der Waals surface area (Å²) in [7, 11) is 0. The van der Waals surface area contributed by atoms with Crippen LogP contribution in [0.1, 0.15) is 39.0 Å². The fourth-order valence-corrected chi connectivity index (χ4v) is 2.27. The number of nitrogens with zero attached hydrogens (tertiary/aromatic N) is 1. The maximum atomic E-state index is 10.3. The molecule has 0 spiro atoms. The number of piperidine rings is 1. The molecule has 1 heterocycles. The van der Waals surface area contributed by atoms with Crippen LogP contribution in [0.2, 0.25) is 0 Å². The highest BCUT2D eigenvalue weighted by Crippen LogP contribution is 2.20. The zero-order valence-corrected chi connectivity index (χ0v) is 10.1. The molecule has 16 heavy (non-hydrogen) atoms. The second kappa shape index (κ2) is 6.86. The first-order valence-corrected chi connectivity index (χ1v) is 6.22. The molecule has 1 aliphatic rings. The number of aliphatic carboxylic acids is 1. The average molecular weight is 229 g/mol. The van der Waals surface area contributed by atoms with Crippen molar-refractivity contribution in [1.82, 2.24) is 4.90 Å². The third-order valence-corrected chi connectivity index (χ3v) is 3.43. The number of hydrogen-bond donors (Lipinski definition) is 2. The maximum Gasteiger partial charge on any atom is 0.303 e. The Labute approximate surface area is 97.3 Å². The van der Waals surface area contributed by atoms with Crippen molar-refractivity contribution < 1.29 is 15.0 Å². The fourth-order valence-electron chi connectivity index (χ4n) is 2.27. The van der Waals surface area contributed by atoms with Gasteiger partial charge in [0, 0.05) is 6.42 Å². The van der Waals surface area contributed by atoms with Gasteiger partial charge in [-0.3, -0.25) is 4.79 Å². The lowest BCUT2D eigenvalue weighted by Gasteiger charge is -2.33. The van der Waals surface area contributed by atoms with Crippen molar-refractivity contribution in [2.45, 2.75) is 45.1 Å². The molecule has 0 radical (unpaired) electrons. The Morgan fingerprint density at radius 2 is 2.00 bits per heavy atom. The van der Waals surface area contributed by atoms with E-state index in [-0.39, 0.29) is 12.5 Å². The van der Waals surface area contributed by atoms with Gasteiger partial charge in [-0.1, -0.05) is 0 Å². The Morgan fingerprint density at radius 1 is 1.38 bits per heavy atom. The molecule has 1 fully saturated rings. The molecule has 1 atom stereocenters. The smallest absolute Gasteiger partial charge is 0.303 e. The van der Waals surface area contributed by atoms with Gasteiger partial charge in [-0.2, -0.15) is 0 Å². The van der Waals surface area contributed by atoms with Crippen molar-refractivity contribution in [3.05, 3.63) is 0 Å². The minimum absolute atomic E-state index is 0.186. The Balaban J connectivity index is 2.06. The number of aliphatic hydroxyl groups is 1. The van der Waals surface area contributed by atoms with E-state index in [1.54, 1.807) is 0 Å². The highest BCUT2D eigenvalue weighted by molar-refractivity contribution is 5.66. The van der Waals surface area contributed by atoms with E-state index < -0.39 is 5.97 Å². The van der Waals surface area contributed by atoms with E-state index in [1.165, 1.54) is 0 Å². The normalized spacial score (nSPS) is 20.9. The Hall–Kier alpha value is -0.610. The molecule has 0 bridgehead atoms. The van der Waals surface area contributed by atoms with E-state index in [2.05, 4.69) is 4.90 Å². The predicted octanol–water partition coefficient (Wildman–Crippen LogP) is 1.33. The number of likely N-dealkylation sites (tertiary alicyclic amines) is 1. The van der Waals surface area contributed by atoms with Gasteiger partial charge in [0.15, 0.2) is 0 Å². The number of unbranched alkanes of at least 4 members (excludes halogenated alkanes) is 1. The average Bonchev–Trinajstić information content (AvgIpc) is 2.25. The molecule has 1 saturated heterocycles. The van der Waals surface area contributed by atoms with E-state index >= 15 is 0 Å². The minimum atomic E-state index is -0.701. The van der Waals surface area contributed by atoms with Crippen LogP contribution in [0.15, 0.2) is 0 Å². The van der Waals surface area contributed by atoms with Crippen molar-refractivity contribution >= 4 is 5.97 Å². The van der Waals surface area contributed by atoms with Gasteiger partial charge >= 0.3 is 5.97 Å². The zero-order chi connectivity index (χ0) is 12.0. The topological polar surface area (TPSA) is 60.8 Å². The van der Waals surface area contributed by atoms with Crippen molar-refractivity contribution in [2.24, 2.45) is 5.92 Å². The molecule has 0 amide bonds. The monoisotopic (exact) mass is 229 g/mol. The first-order chi connectivity index (χ1) is 7.59. The molecule has 94 valence electrons. The van der Waals surface area contributed by atoms with Crippen LogP contribution in [-0.2, 0) is 4.79 Å². The van der Waals surface area contributed by atoms with Crippen LogP contribution < -0.4 is 0 Å². The quantitative estimate of drug-likeness (QED) is 0.675. The van der Waals surface area contributed by atoms with Gasteiger partial charge in [-0.05, 0) is 58.2 Å². The summed E-state index contributed by atoms with van der Waals surface area (Å²) in [5, 5.41) is 18.0. The maximum absolute atomic E-state index is 10.3. The molecule has 1 unspecified atom stereocenters. The summed E-state index contributed by atoms with van der Waals surface area (Å²) in [6.07, 6.45) is 3.96. The number of carboxylic acid groups (broad SMARTS) is 1. The van der Waals surface area contributed by atoms with Crippen molar-refractivity contribution in [1.29, 1.82) is 0 Å². The highest BCUT2D eigenvalue weighted by atomic mass is 16.4. The molecule has 0 aliphatic carbocycles. The molecule has 1 rings (SSSR count). The Bertz CT molecular complexity index is 210. The van der Waals surface area contributed by atoms with E-state index in [4.69, 9.17) is 5.11 Å². The van der Waals surface area contributed by atoms with Gasteiger partial charge < -0.3 is 15.1 Å². The standard InChI is InChI=1S/C12H23NO3/c1-10(14)11-5-8-13(9-6-11)7-3-2-4-12(15)16/h10-11,14H,2-9H2,1H3,(H,15,16). The molecular formula is C12H23NO3. The molecular weight excluding hydrogens is 206 g/mol. The van der Waals surface area contributed by atoms with E-state index in [0.717, 1.165) is 45.3 Å². The molecule has 2 N–H and O–H groups in total. The molecule has 0 aromatic heterocycles. The van der Waals surface area contributed by atoms with Crippen molar-refractivity contribution in [3.63, 3.8) is 0 Å². The highest BCUT2D eigenvalue weighted by Gasteiger charge is 2.21. The number of hydrogen-bond acceptors (Lipinski definition) is 3. The molecule has 4 heteroatoms. The number of rotatable bonds is 6. The Kier molecular flexibility index (Phi) is 5.77. The van der Waals surface area contributed by atoms with E-state index in [0.29, 0.717) is 5.92 Å². The van der Waals surface area contributed by atoms with Gasteiger partial charge in [0.1, 0.15) is 0 Å². The van der Waals surface area contributed by atoms with Crippen LogP contribution in [0, 0.1) is 5.92 Å². The van der Waals surface area contributed by atoms with Gasteiger partial charge in [0.05, 0.1) is 6.10 Å². The van der Waals surface area contributed by atoms with Gasteiger partial charge in [-0.15, -0.1) is 0 Å². The zero-order valence-electron chi connectivity index (χ0n) is 10.1. The predicted molar refractivity (Wildman–Crippen MR) is 62.3 cm³/mol. The van der Waals surface area contributed by atoms with Crippen LogP contribution in [0.5, 0.6) is 0 Å². The second-order valence-corrected chi connectivity index (χ2v) is 4.77. The lowest BCUT2D eigenvalue weighted by atomic mass is 9.92. The summed E-state index contributed by atoms with van der Waals surface area (Å²) < 4.78 is 0. The number of aliphatic hydroxyl groups excluding tert-OH is 1. The summed E-state index contributed by atoms with van der Waals surface area (Å²) in [6, 6.07) is 0. The van der Waals surface area contributed by atoms with Crippen LogP contribution in [-0.4, -0.2) is 46.8 Å². The van der Waals surface area contributed by atoms with E-state index in [9.17, 15) is 9.90 Å². The first kappa shape index (κ1) is 13.5. The largest absolute Gasteiger partial charge is 0.481 e. The first-order valence-electron chi connectivity index (χ1n) is 6.22. The second-order valence-electron chi connectivity index (χ2n) is 4.77. The molecule has 1 aliphatic heterocycles. The summed E-state index contributed by atoms with van der Waals surface area (Å²) in [4.78, 5) is 12.7. The van der Waals surface area contributed by atoms with Crippen molar-refractivity contribution in [2.75, 3.05) is 19.6 Å². The number of carboxylic acids is 1. The van der Waals surface area contributed by atoms with Crippen LogP contribution in [0.4, 0.5) is 0 Å². The number of carbonyl (C=O) groups is 1. The minimum Gasteiger partial charge on any atom is -0.481 e. The lowest BCUT2D eigenvalue weighted by Crippen LogP contribution is -2.37. The van der Waals surface area contributed by atoms with Crippen molar-refractivity contribution in [3.8, 4) is 0 Å². The lowest BCUT2D eigenvalue weighted by molar-refractivity contribution is -0.137. The summed E-state index contributed by atoms with van der Waals surface area (Å²) in [5.41, 5.74) is 0. The SMILES string of the molecule is CC(O)C1CCN(CCCCC(=O)O)CC1. The van der Waals surface area contributed by atoms with Crippen LogP contribution >= 0.6 is 0 Å². The molecule has 0 saturated carbocycles. The Morgan fingerprint density at radius 3 is 2.50 bits per heavy atom. The van der Waals surface area contributed by atoms with Crippen LogP contribution in [0.3, 0.4) is 0 Å².